The van der Waals surface area contributed by atoms with Crippen LogP contribution in [-0.2, 0) is 10.8 Å². The second-order valence-corrected chi connectivity index (χ2v) is 4.69. The third-order valence-electron chi connectivity index (χ3n) is 1.59. The molecule has 2 N–H and O–H groups in total. The van der Waals surface area contributed by atoms with Gasteiger partial charge in [0.25, 0.3) is 0 Å². The molecule has 0 saturated carbocycles. The van der Waals surface area contributed by atoms with E-state index in [4.69, 9.17) is 17.3 Å². The Labute approximate surface area is 85.5 Å². The molecule has 0 spiro atoms. The van der Waals surface area contributed by atoms with Crippen molar-refractivity contribution in [2.24, 2.45) is 0 Å². The van der Waals surface area contributed by atoms with Crippen molar-refractivity contribution in [2.45, 2.75) is 18.2 Å². The molecule has 0 aliphatic heterocycles. The molecule has 4 heteroatoms. The maximum Gasteiger partial charge on any atom is 0.0587 e. The number of halogens is 1. The highest BCUT2D eigenvalue weighted by Crippen LogP contribution is 2.22. The molecule has 13 heavy (non-hydrogen) atoms. The maximum absolute atomic E-state index is 11.6. The van der Waals surface area contributed by atoms with Crippen molar-refractivity contribution in [3.05, 3.63) is 23.2 Å². The standard InChI is InChI=1S/C9H12ClNOS/c1-2-5-13(12)9-4-3-7(11)6-8(9)10/h3-4,6H,2,5,11H2,1H3. The Hall–Kier alpha value is -0.540. The number of hydrogen-bond acceptors (Lipinski definition) is 2. The van der Waals surface area contributed by atoms with E-state index in [-0.39, 0.29) is 0 Å². The lowest BCUT2D eigenvalue weighted by atomic mass is 10.3. The zero-order valence-electron chi connectivity index (χ0n) is 7.42. The van der Waals surface area contributed by atoms with E-state index in [9.17, 15) is 4.21 Å². The predicted octanol–water partition coefficient (Wildman–Crippen LogP) is 2.44. The average Bonchev–Trinajstić information content (AvgIpc) is 2.04. The van der Waals surface area contributed by atoms with Crippen LogP contribution in [-0.4, -0.2) is 9.96 Å². The molecular formula is C9H12ClNOS. The van der Waals surface area contributed by atoms with Gasteiger partial charge in [-0.25, -0.2) is 0 Å². The molecule has 1 rings (SSSR count). The van der Waals surface area contributed by atoms with Crippen molar-refractivity contribution in [3.63, 3.8) is 0 Å². The van der Waals surface area contributed by atoms with Gasteiger partial charge in [-0.15, -0.1) is 0 Å². The molecule has 0 radical (unpaired) electrons. The summed E-state index contributed by atoms with van der Waals surface area (Å²) in [7, 11) is -0.991. The van der Waals surface area contributed by atoms with Crippen LogP contribution in [0.15, 0.2) is 23.1 Å². The van der Waals surface area contributed by atoms with Crippen LogP contribution in [0.1, 0.15) is 13.3 Å². The quantitative estimate of drug-likeness (QED) is 0.791. The van der Waals surface area contributed by atoms with Gasteiger partial charge in [-0.1, -0.05) is 18.5 Å². The zero-order valence-corrected chi connectivity index (χ0v) is 8.99. The third-order valence-corrected chi connectivity index (χ3v) is 3.64. The van der Waals surface area contributed by atoms with Crippen molar-refractivity contribution in [1.82, 2.24) is 0 Å². The van der Waals surface area contributed by atoms with E-state index in [1.165, 1.54) is 0 Å². The second-order valence-electron chi connectivity index (χ2n) is 2.74. The van der Waals surface area contributed by atoms with Crippen LogP contribution in [0.4, 0.5) is 5.69 Å². The van der Waals surface area contributed by atoms with Gasteiger partial charge in [0.05, 0.1) is 20.7 Å². The fraction of sp³-hybridized carbons (Fsp3) is 0.333. The summed E-state index contributed by atoms with van der Waals surface area (Å²) in [5, 5.41) is 0.492. The first-order valence-corrected chi connectivity index (χ1v) is 5.78. The molecule has 0 aliphatic carbocycles. The molecule has 0 bridgehead atoms. The van der Waals surface area contributed by atoms with E-state index in [0.29, 0.717) is 21.4 Å². The van der Waals surface area contributed by atoms with E-state index >= 15 is 0 Å². The molecule has 72 valence electrons. The monoisotopic (exact) mass is 217 g/mol. The molecule has 1 unspecified atom stereocenters. The molecule has 0 fully saturated rings. The zero-order chi connectivity index (χ0) is 9.84. The van der Waals surface area contributed by atoms with Crippen molar-refractivity contribution in [1.29, 1.82) is 0 Å². The van der Waals surface area contributed by atoms with Gasteiger partial charge in [-0.2, -0.15) is 0 Å². The topological polar surface area (TPSA) is 43.1 Å². The molecule has 1 aromatic rings. The van der Waals surface area contributed by atoms with E-state index < -0.39 is 10.8 Å². The molecule has 0 aliphatic rings. The summed E-state index contributed by atoms with van der Waals surface area (Å²) >= 11 is 5.89. The lowest BCUT2D eigenvalue weighted by Gasteiger charge is -2.03. The largest absolute Gasteiger partial charge is 0.399 e. The van der Waals surface area contributed by atoms with Crippen LogP contribution in [0.3, 0.4) is 0 Å². The van der Waals surface area contributed by atoms with Gasteiger partial charge in [0.15, 0.2) is 0 Å². The summed E-state index contributed by atoms with van der Waals surface area (Å²) in [5.74, 6) is 0.642. The molecule has 1 aromatic carbocycles. The van der Waals surface area contributed by atoms with Crippen LogP contribution < -0.4 is 5.73 Å². The minimum absolute atomic E-state index is 0.492. The van der Waals surface area contributed by atoms with Gasteiger partial charge in [-0.05, 0) is 24.6 Å². The van der Waals surface area contributed by atoms with Crippen molar-refractivity contribution >= 4 is 28.1 Å². The summed E-state index contributed by atoms with van der Waals surface area (Å²) in [6.45, 7) is 1.99. The Morgan fingerprint density at radius 3 is 2.77 bits per heavy atom. The van der Waals surface area contributed by atoms with E-state index in [1.54, 1.807) is 18.2 Å². The molecule has 0 saturated heterocycles. The van der Waals surface area contributed by atoms with Crippen molar-refractivity contribution in [2.75, 3.05) is 11.5 Å². The van der Waals surface area contributed by atoms with E-state index in [0.717, 1.165) is 6.42 Å². The first-order valence-electron chi connectivity index (χ1n) is 4.08. The maximum atomic E-state index is 11.6. The molecule has 0 amide bonds. The number of anilines is 1. The summed E-state index contributed by atoms with van der Waals surface area (Å²) < 4.78 is 11.6. The van der Waals surface area contributed by atoms with E-state index in [2.05, 4.69) is 0 Å². The number of nitrogen functional groups attached to an aromatic ring is 1. The van der Waals surface area contributed by atoms with Gasteiger partial charge < -0.3 is 5.73 Å². The smallest absolute Gasteiger partial charge is 0.0587 e. The fourth-order valence-corrected chi connectivity index (χ4v) is 2.53. The number of nitrogens with two attached hydrogens (primary N) is 1. The van der Waals surface area contributed by atoms with Crippen molar-refractivity contribution in [3.8, 4) is 0 Å². The minimum atomic E-state index is -0.991. The predicted molar refractivity (Wildman–Crippen MR) is 57.4 cm³/mol. The Bertz CT molecular complexity index is 327. The Morgan fingerprint density at radius 1 is 1.54 bits per heavy atom. The summed E-state index contributed by atoms with van der Waals surface area (Å²) in [4.78, 5) is 0.678. The lowest BCUT2D eigenvalue weighted by molar-refractivity contribution is 0.682. The highest BCUT2D eigenvalue weighted by Gasteiger charge is 2.07. The van der Waals surface area contributed by atoms with Gasteiger partial charge in [0.1, 0.15) is 0 Å². The lowest BCUT2D eigenvalue weighted by Crippen LogP contribution is -1.98. The molecular weight excluding hydrogens is 206 g/mol. The summed E-state index contributed by atoms with van der Waals surface area (Å²) in [6.07, 6.45) is 0.882. The Kier molecular flexibility index (Phi) is 3.75. The highest BCUT2D eigenvalue weighted by molar-refractivity contribution is 7.85. The van der Waals surface area contributed by atoms with Crippen LogP contribution >= 0.6 is 11.6 Å². The Morgan fingerprint density at radius 2 is 2.23 bits per heavy atom. The molecule has 0 heterocycles. The summed E-state index contributed by atoms with van der Waals surface area (Å²) in [6, 6.07) is 5.07. The van der Waals surface area contributed by atoms with Gasteiger partial charge in [0, 0.05) is 11.4 Å². The minimum Gasteiger partial charge on any atom is -0.399 e. The van der Waals surface area contributed by atoms with E-state index in [1.807, 2.05) is 6.92 Å². The van der Waals surface area contributed by atoms with Crippen LogP contribution in [0.2, 0.25) is 5.02 Å². The van der Waals surface area contributed by atoms with Gasteiger partial charge >= 0.3 is 0 Å². The molecule has 2 nitrogen and oxygen atoms in total. The van der Waals surface area contributed by atoms with Crippen molar-refractivity contribution < 1.29 is 4.21 Å². The molecule has 0 aromatic heterocycles. The molecule has 1 atom stereocenters. The Balaban J connectivity index is 2.95. The number of hydrogen-bond donors (Lipinski definition) is 1. The first-order chi connectivity index (χ1) is 6.15. The second kappa shape index (κ2) is 4.63. The van der Waals surface area contributed by atoms with Crippen LogP contribution in [0.5, 0.6) is 0 Å². The SMILES string of the molecule is CCCS(=O)c1ccc(N)cc1Cl. The first kappa shape index (κ1) is 10.5. The van der Waals surface area contributed by atoms with Gasteiger partial charge in [0.2, 0.25) is 0 Å². The third kappa shape index (κ3) is 2.71. The fourth-order valence-electron chi connectivity index (χ4n) is 0.997. The highest BCUT2D eigenvalue weighted by atomic mass is 35.5. The average molecular weight is 218 g/mol. The van der Waals surface area contributed by atoms with Crippen LogP contribution in [0.25, 0.3) is 0 Å². The normalized spacial score (nSPS) is 12.8. The summed E-state index contributed by atoms with van der Waals surface area (Å²) in [5.41, 5.74) is 6.12. The number of benzene rings is 1. The van der Waals surface area contributed by atoms with Gasteiger partial charge in [-0.3, -0.25) is 4.21 Å². The number of rotatable bonds is 3. The van der Waals surface area contributed by atoms with Crippen LogP contribution in [0, 0.1) is 0 Å².